The van der Waals surface area contributed by atoms with Gasteiger partial charge in [-0.05, 0) is 63.6 Å². The van der Waals surface area contributed by atoms with Crippen molar-refractivity contribution in [2.75, 3.05) is 0 Å². The summed E-state index contributed by atoms with van der Waals surface area (Å²) in [4.78, 5) is 0. The molecule has 0 unspecified atom stereocenters. The summed E-state index contributed by atoms with van der Waals surface area (Å²) in [6.07, 6.45) is 0. The van der Waals surface area contributed by atoms with Crippen molar-refractivity contribution >= 4 is 12.6 Å². The maximum Gasteiger partial charge on any atom is 0.498 e. The maximum absolute atomic E-state index is 13.8. The van der Waals surface area contributed by atoms with Crippen LogP contribution in [0, 0.1) is 11.6 Å². The molecule has 25 heavy (non-hydrogen) atoms. The Balaban J connectivity index is 1.84. The van der Waals surface area contributed by atoms with Gasteiger partial charge >= 0.3 is 7.12 Å². The second kappa shape index (κ2) is 6.43. The van der Waals surface area contributed by atoms with E-state index >= 15 is 0 Å². The van der Waals surface area contributed by atoms with E-state index in [4.69, 9.17) is 14.0 Å². The van der Waals surface area contributed by atoms with E-state index in [1.54, 1.807) is 12.1 Å². The van der Waals surface area contributed by atoms with Gasteiger partial charge in [0.1, 0.15) is 24.0 Å². The first-order valence-corrected chi connectivity index (χ1v) is 8.20. The van der Waals surface area contributed by atoms with Crippen LogP contribution < -0.4 is 10.2 Å². The summed E-state index contributed by atoms with van der Waals surface area (Å²) in [6.45, 7) is 7.88. The molecule has 2 aromatic carbocycles. The Labute approximate surface area is 147 Å². The molecule has 1 aliphatic rings. The molecule has 0 spiro atoms. The van der Waals surface area contributed by atoms with Crippen molar-refractivity contribution < 1.29 is 22.8 Å². The van der Waals surface area contributed by atoms with E-state index in [2.05, 4.69) is 0 Å². The van der Waals surface area contributed by atoms with Crippen molar-refractivity contribution in [3.63, 3.8) is 0 Å². The molecular formula is C19H21BF2O3. The first kappa shape index (κ1) is 17.9. The van der Waals surface area contributed by atoms with Crippen molar-refractivity contribution in [3.8, 4) is 5.75 Å². The summed E-state index contributed by atoms with van der Waals surface area (Å²) in [7, 11) is -0.733. The van der Waals surface area contributed by atoms with E-state index in [0.29, 0.717) is 16.8 Å². The van der Waals surface area contributed by atoms with Crippen LogP contribution in [0.4, 0.5) is 8.78 Å². The zero-order valence-corrected chi connectivity index (χ0v) is 14.8. The van der Waals surface area contributed by atoms with Gasteiger partial charge in [-0.25, -0.2) is 8.78 Å². The summed E-state index contributed by atoms with van der Waals surface area (Å²) >= 11 is 0. The van der Waals surface area contributed by atoms with E-state index in [1.807, 2.05) is 27.7 Å². The van der Waals surface area contributed by atoms with Gasteiger partial charge in [0, 0.05) is 5.46 Å². The number of hydrogen-bond acceptors (Lipinski definition) is 3. The summed E-state index contributed by atoms with van der Waals surface area (Å²) in [5.74, 6) is -0.279. The lowest BCUT2D eigenvalue weighted by molar-refractivity contribution is 0.00578. The van der Waals surface area contributed by atoms with Crippen molar-refractivity contribution in [2.24, 2.45) is 0 Å². The van der Waals surface area contributed by atoms with Gasteiger partial charge in [-0.3, -0.25) is 0 Å². The van der Waals surface area contributed by atoms with Crippen LogP contribution in [-0.4, -0.2) is 18.3 Å². The van der Waals surface area contributed by atoms with E-state index in [9.17, 15) is 8.78 Å². The standard InChI is InChI=1S/C19H21BF2O3/c1-18(2)19(3,4)25-20(24-18)16-11-15(22)8-9-17(16)23-12-13-6-5-7-14(21)10-13/h5-11H,12H2,1-4H3. The molecule has 1 fully saturated rings. The quantitative estimate of drug-likeness (QED) is 0.788. The monoisotopic (exact) mass is 346 g/mol. The fourth-order valence-electron chi connectivity index (χ4n) is 2.59. The third-order valence-corrected chi connectivity index (χ3v) is 4.76. The first-order valence-electron chi connectivity index (χ1n) is 8.20. The number of hydrogen-bond donors (Lipinski definition) is 0. The molecule has 0 bridgehead atoms. The fourth-order valence-corrected chi connectivity index (χ4v) is 2.59. The molecule has 132 valence electrons. The largest absolute Gasteiger partial charge is 0.498 e. The SMILES string of the molecule is CC1(C)OB(c2cc(F)ccc2OCc2cccc(F)c2)OC1(C)C. The Bertz CT molecular complexity index is 761. The Kier molecular flexibility index (Phi) is 4.60. The molecule has 1 heterocycles. The Hall–Kier alpha value is -1.92. The molecule has 1 aliphatic heterocycles. The molecule has 2 aromatic rings. The molecule has 6 heteroatoms. The zero-order chi connectivity index (χ0) is 18.2. The van der Waals surface area contributed by atoms with Gasteiger partial charge < -0.3 is 14.0 Å². The Morgan fingerprint density at radius 2 is 1.56 bits per heavy atom. The molecule has 0 amide bonds. The van der Waals surface area contributed by atoms with Gasteiger partial charge in [-0.1, -0.05) is 12.1 Å². The average molecular weight is 346 g/mol. The molecule has 0 aromatic heterocycles. The third-order valence-electron chi connectivity index (χ3n) is 4.76. The van der Waals surface area contributed by atoms with Crippen molar-refractivity contribution in [3.05, 3.63) is 59.7 Å². The summed E-state index contributed by atoms with van der Waals surface area (Å²) < 4.78 is 44.8. The number of benzene rings is 2. The molecule has 0 saturated carbocycles. The lowest BCUT2D eigenvalue weighted by Gasteiger charge is -2.32. The summed E-state index contributed by atoms with van der Waals surface area (Å²) in [5.41, 5.74) is 0.0902. The number of halogens is 2. The average Bonchev–Trinajstić information content (AvgIpc) is 2.74. The van der Waals surface area contributed by atoms with Gasteiger partial charge in [0.2, 0.25) is 0 Å². The van der Waals surface area contributed by atoms with Crippen molar-refractivity contribution in [2.45, 2.75) is 45.5 Å². The van der Waals surface area contributed by atoms with Crippen LogP contribution >= 0.6 is 0 Å². The second-order valence-electron chi connectivity index (χ2n) is 7.19. The van der Waals surface area contributed by atoms with Crippen LogP contribution in [0.2, 0.25) is 0 Å². The van der Waals surface area contributed by atoms with Crippen LogP contribution in [0.25, 0.3) is 0 Å². The van der Waals surface area contributed by atoms with Gasteiger partial charge in [-0.15, -0.1) is 0 Å². The molecule has 0 radical (unpaired) electrons. The number of ether oxygens (including phenoxy) is 1. The van der Waals surface area contributed by atoms with Gasteiger partial charge in [0.15, 0.2) is 0 Å². The fraction of sp³-hybridized carbons (Fsp3) is 0.368. The van der Waals surface area contributed by atoms with Crippen LogP contribution in [0.3, 0.4) is 0 Å². The molecule has 0 atom stereocenters. The Morgan fingerprint density at radius 3 is 2.20 bits per heavy atom. The van der Waals surface area contributed by atoms with Crippen LogP contribution in [0.5, 0.6) is 5.75 Å². The van der Waals surface area contributed by atoms with Crippen molar-refractivity contribution in [1.29, 1.82) is 0 Å². The van der Waals surface area contributed by atoms with Crippen LogP contribution in [-0.2, 0) is 15.9 Å². The minimum Gasteiger partial charge on any atom is -0.489 e. The molecule has 3 rings (SSSR count). The van der Waals surface area contributed by atoms with Gasteiger partial charge in [-0.2, -0.15) is 0 Å². The summed E-state index contributed by atoms with van der Waals surface area (Å²) in [5, 5.41) is 0. The Morgan fingerprint density at radius 1 is 0.920 bits per heavy atom. The lowest BCUT2D eigenvalue weighted by Crippen LogP contribution is -2.41. The maximum atomic E-state index is 13.8. The molecule has 1 saturated heterocycles. The highest BCUT2D eigenvalue weighted by Gasteiger charge is 2.52. The van der Waals surface area contributed by atoms with E-state index in [-0.39, 0.29) is 12.4 Å². The first-order chi connectivity index (χ1) is 11.7. The predicted molar refractivity (Wildman–Crippen MR) is 92.8 cm³/mol. The topological polar surface area (TPSA) is 27.7 Å². The van der Waals surface area contributed by atoms with Gasteiger partial charge in [0.05, 0.1) is 11.2 Å². The third kappa shape index (κ3) is 3.70. The highest BCUT2D eigenvalue weighted by molar-refractivity contribution is 6.63. The minimum atomic E-state index is -0.733. The van der Waals surface area contributed by atoms with E-state index < -0.39 is 24.1 Å². The molecular weight excluding hydrogens is 325 g/mol. The minimum absolute atomic E-state index is 0.163. The van der Waals surface area contributed by atoms with E-state index in [0.717, 1.165) is 0 Å². The summed E-state index contributed by atoms with van der Waals surface area (Å²) in [6, 6.07) is 10.4. The highest BCUT2D eigenvalue weighted by atomic mass is 19.1. The van der Waals surface area contributed by atoms with E-state index in [1.165, 1.54) is 30.3 Å². The predicted octanol–water partition coefficient (Wildman–Crippen LogP) is 3.84. The normalized spacial score (nSPS) is 18.4. The van der Waals surface area contributed by atoms with Gasteiger partial charge in [0.25, 0.3) is 0 Å². The lowest BCUT2D eigenvalue weighted by atomic mass is 9.78. The highest BCUT2D eigenvalue weighted by Crippen LogP contribution is 2.37. The van der Waals surface area contributed by atoms with Crippen LogP contribution in [0.1, 0.15) is 33.3 Å². The smallest absolute Gasteiger partial charge is 0.489 e. The van der Waals surface area contributed by atoms with Crippen LogP contribution in [0.15, 0.2) is 42.5 Å². The number of rotatable bonds is 4. The second-order valence-corrected chi connectivity index (χ2v) is 7.19. The molecule has 0 aliphatic carbocycles. The molecule has 0 N–H and O–H groups in total. The molecule has 3 nitrogen and oxygen atoms in total. The van der Waals surface area contributed by atoms with Crippen molar-refractivity contribution in [1.82, 2.24) is 0 Å². The zero-order valence-electron chi connectivity index (χ0n) is 14.8.